The Kier molecular flexibility index (Phi) is 5.59. The summed E-state index contributed by atoms with van der Waals surface area (Å²) >= 11 is 3.56. The second kappa shape index (κ2) is 6.50. The number of hydrogen-bond acceptors (Lipinski definition) is 3. The largest absolute Gasteiger partial charge is 0.395 e. The second-order valence-electron chi connectivity index (χ2n) is 4.52. The standard InChI is InChI=1S/C13H21BrN2O/c1-9(8-17)16(3)13(10(2)15)11-6-4-5-7-12(11)14/h4-7,9-10,13,17H,8,15H2,1-3H3. The van der Waals surface area contributed by atoms with E-state index in [4.69, 9.17) is 5.73 Å². The maximum absolute atomic E-state index is 9.26. The first kappa shape index (κ1) is 14.6. The fourth-order valence-electron chi connectivity index (χ4n) is 1.99. The van der Waals surface area contributed by atoms with Crippen molar-refractivity contribution in [2.45, 2.75) is 32.0 Å². The molecule has 4 heteroatoms. The highest BCUT2D eigenvalue weighted by Gasteiger charge is 2.25. The molecule has 3 nitrogen and oxygen atoms in total. The number of rotatable bonds is 5. The number of nitrogens with zero attached hydrogens (tertiary/aromatic N) is 1. The van der Waals surface area contributed by atoms with Crippen molar-refractivity contribution in [1.82, 2.24) is 4.90 Å². The number of hydrogen-bond donors (Lipinski definition) is 2. The first-order chi connectivity index (χ1) is 7.99. The van der Waals surface area contributed by atoms with Crippen LogP contribution in [-0.2, 0) is 0 Å². The lowest BCUT2D eigenvalue weighted by Gasteiger charge is -2.35. The lowest BCUT2D eigenvalue weighted by atomic mass is 9.98. The summed E-state index contributed by atoms with van der Waals surface area (Å²) < 4.78 is 1.05. The minimum atomic E-state index is -0.00676. The zero-order valence-electron chi connectivity index (χ0n) is 10.6. The second-order valence-corrected chi connectivity index (χ2v) is 5.38. The summed E-state index contributed by atoms with van der Waals surface area (Å²) in [5.74, 6) is 0. The minimum Gasteiger partial charge on any atom is -0.395 e. The maximum atomic E-state index is 9.26. The molecule has 3 N–H and O–H groups in total. The Morgan fingerprint density at radius 3 is 2.41 bits per heavy atom. The predicted octanol–water partition coefficient (Wildman–Crippen LogP) is 2.15. The van der Waals surface area contributed by atoms with E-state index in [2.05, 4.69) is 26.9 Å². The van der Waals surface area contributed by atoms with Crippen molar-refractivity contribution in [3.63, 3.8) is 0 Å². The number of benzene rings is 1. The van der Waals surface area contributed by atoms with Crippen molar-refractivity contribution in [1.29, 1.82) is 0 Å². The van der Waals surface area contributed by atoms with Crippen molar-refractivity contribution in [2.75, 3.05) is 13.7 Å². The summed E-state index contributed by atoms with van der Waals surface area (Å²) in [6.07, 6.45) is 0. The van der Waals surface area contributed by atoms with Gasteiger partial charge in [-0.3, -0.25) is 4.90 Å². The summed E-state index contributed by atoms with van der Waals surface area (Å²) in [5, 5.41) is 9.26. The van der Waals surface area contributed by atoms with Gasteiger partial charge in [-0.15, -0.1) is 0 Å². The SMILES string of the molecule is CC(N)C(c1ccccc1Br)N(C)C(C)CO. The molecule has 3 atom stereocenters. The van der Waals surface area contributed by atoms with Crippen molar-refractivity contribution in [3.05, 3.63) is 34.3 Å². The van der Waals surface area contributed by atoms with E-state index in [1.54, 1.807) is 0 Å². The third-order valence-corrected chi connectivity index (χ3v) is 3.84. The van der Waals surface area contributed by atoms with Crippen LogP contribution in [0.4, 0.5) is 0 Å². The monoisotopic (exact) mass is 300 g/mol. The maximum Gasteiger partial charge on any atom is 0.0584 e. The molecule has 0 aliphatic rings. The van der Waals surface area contributed by atoms with Gasteiger partial charge >= 0.3 is 0 Å². The highest BCUT2D eigenvalue weighted by Crippen LogP contribution is 2.30. The third kappa shape index (κ3) is 3.52. The van der Waals surface area contributed by atoms with Gasteiger partial charge in [0.15, 0.2) is 0 Å². The average molecular weight is 301 g/mol. The van der Waals surface area contributed by atoms with E-state index in [1.807, 2.05) is 39.1 Å². The van der Waals surface area contributed by atoms with Crippen molar-refractivity contribution in [3.8, 4) is 0 Å². The van der Waals surface area contributed by atoms with E-state index in [0.29, 0.717) is 0 Å². The highest BCUT2D eigenvalue weighted by molar-refractivity contribution is 9.10. The predicted molar refractivity (Wildman–Crippen MR) is 74.8 cm³/mol. The topological polar surface area (TPSA) is 49.5 Å². The van der Waals surface area contributed by atoms with E-state index in [-0.39, 0.29) is 24.7 Å². The van der Waals surface area contributed by atoms with Crippen LogP contribution in [0, 0.1) is 0 Å². The summed E-state index contributed by atoms with van der Waals surface area (Å²) in [7, 11) is 1.99. The van der Waals surface area contributed by atoms with Crippen LogP contribution in [0.5, 0.6) is 0 Å². The van der Waals surface area contributed by atoms with E-state index >= 15 is 0 Å². The van der Waals surface area contributed by atoms with Gasteiger partial charge in [-0.2, -0.15) is 0 Å². The summed E-state index contributed by atoms with van der Waals surface area (Å²) in [5.41, 5.74) is 7.24. The van der Waals surface area contributed by atoms with Crippen LogP contribution in [-0.4, -0.2) is 35.7 Å². The van der Waals surface area contributed by atoms with Crippen LogP contribution in [0.3, 0.4) is 0 Å². The Hall–Kier alpha value is -0.420. The zero-order valence-corrected chi connectivity index (χ0v) is 12.2. The molecule has 0 fully saturated rings. The Morgan fingerprint density at radius 2 is 1.94 bits per heavy atom. The molecule has 0 heterocycles. The molecule has 0 saturated heterocycles. The molecule has 0 bridgehead atoms. The molecule has 1 aromatic rings. The number of nitrogens with two attached hydrogens (primary N) is 1. The molecule has 3 unspecified atom stereocenters. The number of halogens is 1. The molecule has 1 aromatic carbocycles. The summed E-state index contributed by atoms with van der Waals surface area (Å²) in [6.45, 7) is 4.11. The van der Waals surface area contributed by atoms with Gasteiger partial charge in [0, 0.05) is 16.6 Å². The van der Waals surface area contributed by atoms with Gasteiger partial charge in [-0.05, 0) is 32.5 Å². The lowest BCUT2D eigenvalue weighted by molar-refractivity contribution is 0.109. The minimum absolute atomic E-state index is 0.00676. The smallest absolute Gasteiger partial charge is 0.0584 e. The normalized spacial score (nSPS) is 16.9. The molecule has 0 amide bonds. The zero-order chi connectivity index (χ0) is 13.0. The molecular weight excluding hydrogens is 280 g/mol. The molecule has 96 valence electrons. The molecular formula is C13H21BrN2O. The van der Waals surface area contributed by atoms with Crippen molar-refractivity contribution >= 4 is 15.9 Å². The Labute approximate surface area is 112 Å². The molecule has 0 spiro atoms. The Morgan fingerprint density at radius 1 is 1.35 bits per heavy atom. The van der Waals surface area contributed by atoms with E-state index in [9.17, 15) is 5.11 Å². The van der Waals surface area contributed by atoms with Gasteiger partial charge in [0.25, 0.3) is 0 Å². The van der Waals surface area contributed by atoms with Gasteiger partial charge in [-0.1, -0.05) is 34.1 Å². The third-order valence-electron chi connectivity index (χ3n) is 3.12. The van der Waals surface area contributed by atoms with Crippen molar-refractivity contribution in [2.24, 2.45) is 5.73 Å². The Bertz CT molecular complexity index is 357. The van der Waals surface area contributed by atoms with Crippen LogP contribution in [0.1, 0.15) is 25.5 Å². The van der Waals surface area contributed by atoms with Gasteiger partial charge in [0.1, 0.15) is 0 Å². The molecule has 0 saturated carbocycles. The van der Waals surface area contributed by atoms with Crippen molar-refractivity contribution < 1.29 is 5.11 Å². The lowest BCUT2D eigenvalue weighted by Crippen LogP contribution is -2.43. The quantitative estimate of drug-likeness (QED) is 0.876. The number of likely N-dealkylation sites (N-methyl/N-ethyl adjacent to an activating group) is 1. The molecule has 1 rings (SSSR count). The molecule has 0 aliphatic heterocycles. The number of aliphatic hydroxyl groups is 1. The van der Waals surface area contributed by atoms with Crippen LogP contribution < -0.4 is 5.73 Å². The first-order valence-corrected chi connectivity index (χ1v) is 6.61. The molecule has 0 aromatic heterocycles. The van der Waals surface area contributed by atoms with Crippen LogP contribution in [0.25, 0.3) is 0 Å². The van der Waals surface area contributed by atoms with Gasteiger partial charge < -0.3 is 10.8 Å². The first-order valence-electron chi connectivity index (χ1n) is 5.81. The van der Waals surface area contributed by atoms with E-state index < -0.39 is 0 Å². The molecule has 0 aliphatic carbocycles. The highest BCUT2D eigenvalue weighted by atomic mass is 79.9. The fourth-order valence-corrected chi connectivity index (χ4v) is 2.51. The molecule has 0 radical (unpaired) electrons. The van der Waals surface area contributed by atoms with Crippen LogP contribution in [0.15, 0.2) is 28.7 Å². The van der Waals surface area contributed by atoms with E-state index in [1.165, 1.54) is 0 Å². The van der Waals surface area contributed by atoms with E-state index in [0.717, 1.165) is 10.0 Å². The summed E-state index contributed by atoms with van der Waals surface area (Å²) in [4.78, 5) is 2.12. The fraction of sp³-hybridized carbons (Fsp3) is 0.538. The van der Waals surface area contributed by atoms with Crippen LogP contribution >= 0.6 is 15.9 Å². The van der Waals surface area contributed by atoms with Gasteiger partial charge in [0.05, 0.1) is 12.6 Å². The average Bonchev–Trinajstić information content (AvgIpc) is 2.30. The van der Waals surface area contributed by atoms with Crippen LogP contribution in [0.2, 0.25) is 0 Å². The summed E-state index contributed by atoms with van der Waals surface area (Å²) in [6, 6.07) is 8.24. The number of aliphatic hydroxyl groups excluding tert-OH is 1. The Balaban J connectivity index is 3.06. The van der Waals surface area contributed by atoms with Gasteiger partial charge in [-0.25, -0.2) is 0 Å². The molecule has 17 heavy (non-hydrogen) atoms. The van der Waals surface area contributed by atoms with Gasteiger partial charge in [0.2, 0.25) is 0 Å².